The Hall–Kier alpha value is -3.09. The van der Waals surface area contributed by atoms with Crippen molar-refractivity contribution in [2.24, 2.45) is 5.92 Å². The van der Waals surface area contributed by atoms with Gasteiger partial charge in [0.15, 0.2) is 0 Å². The summed E-state index contributed by atoms with van der Waals surface area (Å²) in [5.41, 5.74) is 1.26. The lowest BCUT2D eigenvalue weighted by Gasteiger charge is -2.37. The Labute approximate surface area is 169 Å². The van der Waals surface area contributed by atoms with E-state index in [4.69, 9.17) is 4.74 Å². The molecule has 7 heteroatoms. The van der Waals surface area contributed by atoms with Crippen LogP contribution in [0.2, 0.25) is 0 Å². The van der Waals surface area contributed by atoms with Gasteiger partial charge in [-0.05, 0) is 24.3 Å². The summed E-state index contributed by atoms with van der Waals surface area (Å²) in [5.74, 6) is -0.0808. The molecule has 152 valence electrons. The van der Waals surface area contributed by atoms with E-state index < -0.39 is 0 Å². The molecule has 6 nitrogen and oxygen atoms in total. The number of anilines is 2. The number of ether oxygens (including phenoxy) is 1. The molecule has 0 aliphatic carbocycles. The van der Waals surface area contributed by atoms with Crippen LogP contribution in [-0.2, 0) is 9.59 Å². The number of carbonyl (C=O) groups is 2. The zero-order valence-electron chi connectivity index (χ0n) is 16.4. The molecule has 2 aliphatic rings. The monoisotopic (exact) mass is 397 g/mol. The zero-order valence-corrected chi connectivity index (χ0v) is 16.4. The van der Waals surface area contributed by atoms with E-state index in [0.29, 0.717) is 49.8 Å². The summed E-state index contributed by atoms with van der Waals surface area (Å²) in [4.78, 5) is 31.0. The first-order valence-electron chi connectivity index (χ1n) is 9.80. The number of hydrogen-bond donors (Lipinski definition) is 0. The quantitative estimate of drug-likeness (QED) is 0.796. The minimum Gasteiger partial charge on any atom is -0.495 e. The number of carbonyl (C=O) groups excluding carboxylic acids is 2. The fourth-order valence-corrected chi connectivity index (χ4v) is 4.09. The molecule has 2 heterocycles. The molecule has 0 spiro atoms. The summed E-state index contributed by atoms with van der Waals surface area (Å²) in [5, 5.41) is 0. The lowest BCUT2D eigenvalue weighted by atomic mass is 10.1. The van der Waals surface area contributed by atoms with Crippen molar-refractivity contribution in [2.45, 2.75) is 6.42 Å². The molecule has 29 heavy (non-hydrogen) atoms. The van der Waals surface area contributed by atoms with Crippen LogP contribution >= 0.6 is 0 Å². The fraction of sp³-hybridized carbons (Fsp3) is 0.364. The Morgan fingerprint density at radius 3 is 2.34 bits per heavy atom. The molecule has 2 amide bonds. The summed E-state index contributed by atoms with van der Waals surface area (Å²) in [6.07, 6.45) is 0.199. The molecule has 1 atom stereocenters. The van der Waals surface area contributed by atoms with Crippen molar-refractivity contribution in [3.63, 3.8) is 0 Å². The van der Waals surface area contributed by atoms with E-state index in [1.165, 1.54) is 6.07 Å². The van der Waals surface area contributed by atoms with Gasteiger partial charge in [-0.2, -0.15) is 0 Å². The molecule has 2 aromatic rings. The van der Waals surface area contributed by atoms with Gasteiger partial charge in [-0.15, -0.1) is 0 Å². The van der Waals surface area contributed by atoms with E-state index >= 15 is 0 Å². The van der Waals surface area contributed by atoms with Crippen LogP contribution in [0.1, 0.15) is 6.42 Å². The Bertz CT molecular complexity index is 912. The van der Waals surface area contributed by atoms with E-state index in [-0.39, 0.29) is 30.0 Å². The number of piperazine rings is 1. The fourth-order valence-electron chi connectivity index (χ4n) is 4.09. The number of hydrogen-bond acceptors (Lipinski definition) is 4. The highest BCUT2D eigenvalue weighted by Crippen LogP contribution is 2.33. The van der Waals surface area contributed by atoms with Gasteiger partial charge in [0.05, 0.1) is 24.4 Å². The van der Waals surface area contributed by atoms with Crippen molar-refractivity contribution < 1.29 is 18.7 Å². The summed E-state index contributed by atoms with van der Waals surface area (Å²) in [6.45, 7) is 2.54. The highest BCUT2D eigenvalue weighted by Gasteiger charge is 2.38. The predicted octanol–water partition coefficient (Wildman–Crippen LogP) is 2.54. The number of rotatable bonds is 4. The average molecular weight is 397 g/mol. The number of methoxy groups -OCH3 is 1. The molecule has 1 unspecified atom stereocenters. The normalized spacial score (nSPS) is 19.6. The largest absolute Gasteiger partial charge is 0.495 e. The van der Waals surface area contributed by atoms with Gasteiger partial charge in [0.2, 0.25) is 11.8 Å². The van der Waals surface area contributed by atoms with Crippen molar-refractivity contribution >= 4 is 23.2 Å². The first-order valence-corrected chi connectivity index (χ1v) is 9.80. The van der Waals surface area contributed by atoms with E-state index in [1.807, 2.05) is 29.2 Å². The van der Waals surface area contributed by atoms with Crippen molar-refractivity contribution in [2.75, 3.05) is 49.6 Å². The molecule has 0 radical (unpaired) electrons. The van der Waals surface area contributed by atoms with Crippen LogP contribution < -0.4 is 14.5 Å². The minimum atomic E-state index is -0.368. The third kappa shape index (κ3) is 3.77. The Balaban J connectivity index is 1.40. The SMILES string of the molecule is COc1ccccc1N1CC(C(=O)N2CCN(c3ccccc3F)CC2)CC1=O. The Kier molecular flexibility index (Phi) is 5.38. The molecule has 2 saturated heterocycles. The molecular weight excluding hydrogens is 373 g/mol. The minimum absolute atomic E-state index is 0.0102. The molecule has 0 bridgehead atoms. The number of nitrogens with zero attached hydrogens (tertiary/aromatic N) is 3. The molecule has 4 rings (SSSR count). The van der Waals surface area contributed by atoms with Gasteiger partial charge in [0.25, 0.3) is 0 Å². The molecule has 0 saturated carbocycles. The molecule has 0 aromatic heterocycles. The molecular formula is C22H24FN3O3. The highest BCUT2D eigenvalue weighted by molar-refractivity contribution is 6.01. The first-order chi connectivity index (χ1) is 14.1. The zero-order chi connectivity index (χ0) is 20.4. The van der Waals surface area contributed by atoms with Gasteiger partial charge in [-0.1, -0.05) is 24.3 Å². The van der Waals surface area contributed by atoms with Crippen LogP contribution in [0, 0.1) is 11.7 Å². The van der Waals surface area contributed by atoms with Crippen LogP contribution in [0.4, 0.5) is 15.8 Å². The van der Waals surface area contributed by atoms with Crippen molar-refractivity contribution in [1.29, 1.82) is 0 Å². The summed E-state index contributed by atoms with van der Waals surface area (Å²) < 4.78 is 19.4. The Morgan fingerprint density at radius 1 is 1.00 bits per heavy atom. The average Bonchev–Trinajstić information content (AvgIpc) is 3.15. The van der Waals surface area contributed by atoms with E-state index in [1.54, 1.807) is 35.1 Å². The predicted molar refractivity (Wildman–Crippen MR) is 109 cm³/mol. The lowest BCUT2D eigenvalue weighted by Crippen LogP contribution is -2.51. The molecule has 2 fully saturated rings. The van der Waals surface area contributed by atoms with Crippen LogP contribution in [0.25, 0.3) is 0 Å². The van der Waals surface area contributed by atoms with E-state index in [2.05, 4.69) is 0 Å². The molecule has 2 aliphatic heterocycles. The smallest absolute Gasteiger partial charge is 0.228 e. The molecule has 2 aromatic carbocycles. The second kappa shape index (κ2) is 8.11. The van der Waals surface area contributed by atoms with Crippen molar-refractivity contribution in [3.05, 3.63) is 54.3 Å². The van der Waals surface area contributed by atoms with Gasteiger partial charge in [0, 0.05) is 39.1 Å². The number of benzene rings is 2. The van der Waals surface area contributed by atoms with E-state index in [9.17, 15) is 14.0 Å². The van der Waals surface area contributed by atoms with Gasteiger partial charge >= 0.3 is 0 Å². The van der Waals surface area contributed by atoms with E-state index in [0.717, 1.165) is 0 Å². The topological polar surface area (TPSA) is 53.1 Å². The number of amides is 2. The number of para-hydroxylation sites is 3. The summed E-state index contributed by atoms with van der Waals surface area (Å²) in [6, 6.07) is 14.0. The summed E-state index contributed by atoms with van der Waals surface area (Å²) in [7, 11) is 1.57. The second-order valence-corrected chi connectivity index (χ2v) is 7.34. The third-order valence-electron chi connectivity index (χ3n) is 5.63. The second-order valence-electron chi connectivity index (χ2n) is 7.34. The van der Waals surface area contributed by atoms with Gasteiger partial charge < -0.3 is 19.4 Å². The van der Waals surface area contributed by atoms with Crippen molar-refractivity contribution in [3.8, 4) is 5.75 Å². The summed E-state index contributed by atoms with van der Waals surface area (Å²) >= 11 is 0. The maximum Gasteiger partial charge on any atom is 0.228 e. The standard InChI is InChI=1S/C22H24FN3O3/c1-29-20-9-5-4-8-19(20)26-15-16(14-21(26)27)22(28)25-12-10-24(11-13-25)18-7-3-2-6-17(18)23/h2-9,16H,10-15H2,1H3. The van der Waals surface area contributed by atoms with Crippen LogP contribution in [0.5, 0.6) is 5.75 Å². The number of halogens is 1. The first kappa shape index (κ1) is 19.2. The van der Waals surface area contributed by atoms with Gasteiger partial charge in [0.1, 0.15) is 11.6 Å². The highest BCUT2D eigenvalue weighted by atomic mass is 19.1. The lowest BCUT2D eigenvalue weighted by molar-refractivity contribution is -0.136. The maximum absolute atomic E-state index is 14.0. The third-order valence-corrected chi connectivity index (χ3v) is 5.63. The van der Waals surface area contributed by atoms with Crippen LogP contribution in [-0.4, -0.2) is 56.5 Å². The van der Waals surface area contributed by atoms with Gasteiger partial charge in [-0.3, -0.25) is 9.59 Å². The Morgan fingerprint density at radius 2 is 1.66 bits per heavy atom. The van der Waals surface area contributed by atoms with Crippen LogP contribution in [0.15, 0.2) is 48.5 Å². The van der Waals surface area contributed by atoms with Gasteiger partial charge in [-0.25, -0.2) is 4.39 Å². The van der Waals surface area contributed by atoms with Crippen molar-refractivity contribution in [1.82, 2.24) is 4.90 Å². The maximum atomic E-state index is 14.0. The van der Waals surface area contributed by atoms with Crippen LogP contribution in [0.3, 0.4) is 0 Å². The molecule has 0 N–H and O–H groups in total.